The zero-order valence-corrected chi connectivity index (χ0v) is 16.8. The molecule has 0 aromatic carbocycles. The van der Waals surface area contributed by atoms with Crippen molar-refractivity contribution in [1.82, 2.24) is 0 Å². The Balaban J connectivity index is 1.63. The minimum Gasteiger partial charge on any atom is -0.458 e. The van der Waals surface area contributed by atoms with Gasteiger partial charge in [-0.15, -0.1) is 0 Å². The second-order valence-corrected chi connectivity index (χ2v) is 9.50. The summed E-state index contributed by atoms with van der Waals surface area (Å²) in [5, 5.41) is 0. The van der Waals surface area contributed by atoms with Crippen LogP contribution in [0.3, 0.4) is 0 Å². The number of rotatable bonds is 3. The highest BCUT2D eigenvalue weighted by Gasteiger charge is 2.62. The summed E-state index contributed by atoms with van der Waals surface area (Å²) in [5.41, 5.74) is 0.342. The highest BCUT2D eigenvalue weighted by atomic mass is 16.5. The van der Waals surface area contributed by atoms with E-state index in [2.05, 4.69) is 13.8 Å². The monoisotopic (exact) mass is 384 g/mol. The summed E-state index contributed by atoms with van der Waals surface area (Å²) in [5.74, 6) is -0.0851. The normalized spacial score (nSPS) is 41.6. The van der Waals surface area contributed by atoms with Gasteiger partial charge in [-0.25, -0.2) is 0 Å². The van der Waals surface area contributed by atoms with Gasteiger partial charge < -0.3 is 4.74 Å². The Hall–Kier alpha value is -2.04. The molecule has 0 amide bonds. The number of hydrogen-bond acceptors (Lipinski definition) is 5. The summed E-state index contributed by atoms with van der Waals surface area (Å²) in [7, 11) is 0. The van der Waals surface area contributed by atoms with E-state index in [1.807, 2.05) is 6.08 Å². The first-order chi connectivity index (χ1) is 13.2. The van der Waals surface area contributed by atoms with Crippen molar-refractivity contribution in [3.05, 3.63) is 23.8 Å². The molecule has 4 aliphatic carbocycles. The molecule has 0 saturated heterocycles. The standard InChI is InChI=1S/C23H28O5/c1-13(24)28-12-20(27)18-7-6-17-16-5-4-14-10-15(25)8-9-22(14,2)21(16)19(26)11-23(17,18)3/h8-10,16-18,21H,4-7,11-12H2,1-3H3/t16-,17-,18+,21+,22-,23-/m0/s1. The molecule has 0 aromatic rings. The second-order valence-electron chi connectivity index (χ2n) is 9.50. The van der Waals surface area contributed by atoms with Crippen molar-refractivity contribution in [3.8, 4) is 0 Å². The lowest BCUT2D eigenvalue weighted by molar-refractivity contribution is -0.152. The summed E-state index contributed by atoms with van der Waals surface area (Å²) in [4.78, 5) is 49.1. The quantitative estimate of drug-likeness (QED) is 0.698. The van der Waals surface area contributed by atoms with Gasteiger partial charge in [0.05, 0.1) is 0 Å². The Labute approximate surface area is 165 Å². The van der Waals surface area contributed by atoms with Crippen LogP contribution in [0, 0.1) is 34.5 Å². The summed E-state index contributed by atoms with van der Waals surface area (Å²) < 4.78 is 4.95. The van der Waals surface area contributed by atoms with Crippen LogP contribution < -0.4 is 0 Å². The number of Topliss-reactive ketones (excluding diaryl/α,β-unsaturated/α-hetero) is 2. The third kappa shape index (κ3) is 2.73. The van der Waals surface area contributed by atoms with Crippen molar-refractivity contribution in [2.45, 2.75) is 52.9 Å². The molecule has 28 heavy (non-hydrogen) atoms. The van der Waals surface area contributed by atoms with Gasteiger partial charge in [0.2, 0.25) is 0 Å². The predicted molar refractivity (Wildman–Crippen MR) is 102 cm³/mol. The van der Waals surface area contributed by atoms with E-state index in [9.17, 15) is 19.2 Å². The molecule has 3 saturated carbocycles. The SMILES string of the molecule is CC(=O)OCC(=O)[C@H]1CC[C@H]2[C@@H]3CCC4=CC(=O)C=C[C@]4(C)[C@H]3C(=O)C[C@]12C. The highest BCUT2D eigenvalue weighted by Crippen LogP contribution is 2.64. The molecule has 0 heterocycles. The van der Waals surface area contributed by atoms with E-state index < -0.39 is 5.97 Å². The fourth-order valence-corrected chi connectivity index (χ4v) is 6.83. The molecule has 0 spiro atoms. The maximum atomic E-state index is 13.4. The molecule has 150 valence electrons. The van der Waals surface area contributed by atoms with Gasteiger partial charge in [-0.3, -0.25) is 19.2 Å². The molecule has 4 aliphatic rings. The molecule has 5 nitrogen and oxygen atoms in total. The van der Waals surface area contributed by atoms with Crippen molar-refractivity contribution in [2.24, 2.45) is 34.5 Å². The van der Waals surface area contributed by atoms with Crippen LogP contribution in [0.2, 0.25) is 0 Å². The lowest BCUT2D eigenvalue weighted by atomic mass is 9.47. The Morgan fingerprint density at radius 2 is 1.93 bits per heavy atom. The fourth-order valence-electron chi connectivity index (χ4n) is 6.83. The minimum absolute atomic E-state index is 0.0102. The van der Waals surface area contributed by atoms with Crippen molar-refractivity contribution < 1.29 is 23.9 Å². The number of ketones is 3. The maximum Gasteiger partial charge on any atom is 0.303 e. The largest absolute Gasteiger partial charge is 0.458 e. The first-order valence-corrected chi connectivity index (χ1v) is 10.3. The lowest BCUT2D eigenvalue weighted by Gasteiger charge is -2.55. The van der Waals surface area contributed by atoms with Crippen LogP contribution >= 0.6 is 0 Å². The Morgan fingerprint density at radius 3 is 2.64 bits per heavy atom. The molecule has 3 fully saturated rings. The third-order valence-electron chi connectivity index (χ3n) is 8.06. The second kappa shape index (κ2) is 6.50. The van der Waals surface area contributed by atoms with E-state index in [1.165, 1.54) is 6.92 Å². The van der Waals surface area contributed by atoms with Gasteiger partial charge in [0.15, 0.2) is 11.6 Å². The van der Waals surface area contributed by atoms with Gasteiger partial charge in [0, 0.05) is 30.6 Å². The van der Waals surface area contributed by atoms with Gasteiger partial charge in [0.25, 0.3) is 0 Å². The first kappa shape index (κ1) is 19.3. The minimum atomic E-state index is -0.453. The van der Waals surface area contributed by atoms with E-state index in [1.54, 1.807) is 12.2 Å². The molecular weight excluding hydrogens is 356 g/mol. The average Bonchev–Trinajstić information content (AvgIpc) is 2.96. The van der Waals surface area contributed by atoms with Gasteiger partial charge >= 0.3 is 5.97 Å². The van der Waals surface area contributed by atoms with Crippen LogP contribution in [0.15, 0.2) is 23.8 Å². The van der Waals surface area contributed by atoms with Crippen LogP contribution in [0.4, 0.5) is 0 Å². The number of fused-ring (bicyclic) bond motifs is 5. The van der Waals surface area contributed by atoms with Crippen molar-refractivity contribution in [1.29, 1.82) is 0 Å². The number of allylic oxidation sites excluding steroid dienone is 4. The Kier molecular flexibility index (Phi) is 4.48. The number of esters is 1. The fraction of sp³-hybridized carbons (Fsp3) is 0.652. The Bertz CT molecular complexity index is 821. The lowest BCUT2D eigenvalue weighted by Crippen LogP contribution is -2.54. The number of ether oxygens (including phenoxy) is 1. The van der Waals surface area contributed by atoms with Crippen molar-refractivity contribution in [3.63, 3.8) is 0 Å². The van der Waals surface area contributed by atoms with Crippen LogP contribution in [-0.2, 0) is 23.9 Å². The topological polar surface area (TPSA) is 77.5 Å². The molecule has 0 aromatic heterocycles. The first-order valence-electron chi connectivity index (χ1n) is 10.3. The Morgan fingerprint density at radius 1 is 1.18 bits per heavy atom. The summed E-state index contributed by atoms with van der Waals surface area (Å²) in [6.45, 7) is 5.29. The molecule has 0 radical (unpaired) electrons. The molecule has 5 heteroatoms. The van der Waals surface area contributed by atoms with Crippen LogP contribution in [0.5, 0.6) is 0 Å². The summed E-state index contributed by atoms with van der Waals surface area (Å²) >= 11 is 0. The van der Waals surface area contributed by atoms with E-state index in [4.69, 9.17) is 4.74 Å². The third-order valence-corrected chi connectivity index (χ3v) is 8.06. The van der Waals surface area contributed by atoms with Crippen LogP contribution in [0.1, 0.15) is 52.9 Å². The van der Waals surface area contributed by atoms with Gasteiger partial charge in [-0.2, -0.15) is 0 Å². The number of carbonyl (C=O) groups excluding carboxylic acids is 4. The summed E-state index contributed by atoms with van der Waals surface area (Å²) in [6, 6.07) is 0. The van der Waals surface area contributed by atoms with E-state index in [0.717, 1.165) is 31.3 Å². The zero-order valence-electron chi connectivity index (χ0n) is 16.8. The predicted octanol–water partition coefficient (Wildman–Crippen LogP) is 3.22. The molecule has 0 unspecified atom stereocenters. The van der Waals surface area contributed by atoms with Crippen molar-refractivity contribution in [2.75, 3.05) is 6.61 Å². The molecule has 6 atom stereocenters. The van der Waals surface area contributed by atoms with Crippen molar-refractivity contribution >= 4 is 23.3 Å². The molecule has 0 bridgehead atoms. The van der Waals surface area contributed by atoms with Crippen LogP contribution in [-0.4, -0.2) is 29.9 Å². The molecular formula is C23H28O5. The average molecular weight is 384 g/mol. The van der Waals surface area contributed by atoms with E-state index in [0.29, 0.717) is 12.3 Å². The molecule has 4 rings (SSSR count). The number of hydrogen-bond donors (Lipinski definition) is 0. The van der Waals surface area contributed by atoms with E-state index >= 15 is 0 Å². The zero-order chi connectivity index (χ0) is 20.3. The van der Waals surface area contributed by atoms with Gasteiger partial charge in [-0.1, -0.05) is 25.5 Å². The smallest absolute Gasteiger partial charge is 0.303 e. The van der Waals surface area contributed by atoms with Gasteiger partial charge in [0.1, 0.15) is 12.4 Å². The maximum absolute atomic E-state index is 13.4. The van der Waals surface area contributed by atoms with Crippen LogP contribution in [0.25, 0.3) is 0 Å². The highest BCUT2D eigenvalue weighted by molar-refractivity contribution is 6.02. The number of carbonyl (C=O) groups is 4. The van der Waals surface area contributed by atoms with E-state index in [-0.39, 0.29) is 52.5 Å². The summed E-state index contributed by atoms with van der Waals surface area (Å²) in [6.07, 6.45) is 9.07. The molecule has 0 N–H and O–H groups in total. The molecule has 0 aliphatic heterocycles. The van der Waals surface area contributed by atoms with Gasteiger partial charge in [-0.05, 0) is 55.1 Å².